The van der Waals surface area contributed by atoms with Crippen LogP contribution in [0.1, 0.15) is 29.2 Å². The van der Waals surface area contributed by atoms with Crippen molar-refractivity contribution in [3.05, 3.63) is 59.1 Å². The third kappa shape index (κ3) is 4.32. The van der Waals surface area contributed by atoms with Crippen LogP contribution in [0.15, 0.2) is 48.5 Å². The van der Waals surface area contributed by atoms with Crippen LogP contribution in [0.25, 0.3) is 21.0 Å². The third-order valence-electron chi connectivity index (χ3n) is 5.15. The second kappa shape index (κ2) is 8.51. The lowest BCUT2D eigenvalue weighted by Gasteiger charge is -2.16. The SMILES string of the molecule is Cc1nn(CC(C)C)c2sc(C(=O)N(C)CC(=O)Nc3cccc4ccccc34)cc12. The molecule has 2 aromatic carbocycles. The van der Waals surface area contributed by atoms with Crippen molar-refractivity contribution in [3.63, 3.8) is 0 Å². The summed E-state index contributed by atoms with van der Waals surface area (Å²) in [6.07, 6.45) is 0. The number of carbonyl (C=O) groups is 2. The first-order valence-corrected chi connectivity index (χ1v) is 11.1. The van der Waals surface area contributed by atoms with E-state index in [1.165, 1.54) is 16.2 Å². The van der Waals surface area contributed by atoms with Crippen LogP contribution in [0.4, 0.5) is 5.69 Å². The van der Waals surface area contributed by atoms with Gasteiger partial charge in [0.1, 0.15) is 4.83 Å². The number of fused-ring (bicyclic) bond motifs is 2. The fourth-order valence-electron chi connectivity index (χ4n) is 3.69. The van der Waals surface area contributed by atoms with E-state index in [1.54, 1.807) is 7.05 Å². The summed E-state index contributed by atoms with van der Waals surface area (Å²) >= 11 is 1.43. The number of nitrogens with zero attached hydrogens (tertiary/aromatic N) is 3. The molecule has 0 radical (unpaired) electrons. The number of thiophene rings is 1. The fourth-order valence-corrected chi connectivity index (χ4v) is 4.85. The topological polar surface area (TPSA) is 67.2 Å². The van der Waals surface area contributed by atoms with Crippen molar-refractivity contribution in [2.24, 2.45) is 5.92 Å². The molecule has 0 atom stereocenters. The summed E-state index contributed by atoms with van der Waals surface area (Å²) in [5.74, 6) is 0.0735. The normalized spacial score (nSPS) is 11.4. The van der Waals surface area contributed by atoms with E-state index >= 15 is 0 Å². The largest absolute Gasteiger partial charge is 0.332 e. The Labute approximate surface area is 185 Å². The Morgan fingerprint density at radius 3 is 2.65 bits per heavy atom. The van der Waals surface area contributed by atoms with Crippen molar-refractivity contribution < 1.29 is 9.59 Å². The third-order valence-corrected chi connectivity index (χ3v) is 6.28. The summed E-state index contributed by atoms with van der Waals surface area (Å²) in [5, 5.41) is 10.6. The van der Waals surface area contributed by atoms with E-state index in [0.717, 1.165) is 38.9 Å². The van der Waals surface area contributed by atoms with E-state index in [4.69, 9.17) is 0 Å². The number of rotatable bonds is 6. The van der Waals surface area contributed by atoms with Crippen molar-refractivity contribution in [2.45, 2.75) is 27.3 Å². The van der Waals surface area contributed by atoms with Crippen LogP contribution in [0.3, 0.4) is 0 Å². The van der Waals surface area contributed by atoms with Gasteiger partial charge in [0.25, 0.3) is 5.91 Å². The lowest BCUT2D eigenvalue weighted by molar-refractivity contribution is -0.116. The van der Waals surface area contributed by atoms with Gasteiger partial charge in [-0.15, -0.1) is 11.3 Å². The maximum absolute atomic E-state index is 13.0. The smallest absolute Gasteiger partial charge is 0.264 e. The Hall–Kier alpha value is -3.19. The van der Waals surface area contributed by atoms with Gasteiger partial charge in [0.05, 0.1) is 17.1 Å². The molecule has 1 N–H and O–H groups in total. The molecule has 0 saturated carbocycles. The minimum atomic E-state index is -0.226. The highest BCUT2D eigenvalue weighted by Crippen LogP contribution is 2.29. The molecule has 160 valence electrons. The molecule has 7 heteroatoms. The predicted octanol–water partition coefficient (Wildman–Crippen LogP) is 4.93. The van der Waals surface area contributed by atoms with Crippen LogP contribution in [0.2, 0.25) is 0 Å². The predicted molar refractivity (Wildman–Crippen MR) is 127 cm³/mol. The van der Waals surface area contributed by atoms with Gasteiger partial charge in [-0.2, -0.15) is 5.10 Å². The molecule has 0 bridgehead atoms. The number of aromatic nitrogens is 2. The van der Waals surface area contributed by atoms with E-state index in [1.807, 2.05) is 60.1 Å². The zero-order valence-electron chi connectivity index (χ0n) is 18.2. The molecule has 0 fully saturated rings. The van der Waals surface area contributed by atoms with Crippen LogP contribution in [-0.2, 0) is 11.3 Å². The van der Waals surface area contributed by atoms with Gasteiger partial charge in [-0.3, -0.25) is 14.3 Å². The van der Waals surface area contributed by atoms with Crippen LogP contribution in [-0.4, -0.2) is 40.1 Å². The van der Waals surface area contributed by atoms with Gasteiger partial charge in [-0.1, -0.05) is 50.2 Å². The molecule has 2 amide bonds. The first kappa shape index (κ1) is 21.1. The number of carbonyl (C=O) groups excluding carboxylic acids is 2. The molecule has 0 aliphatic carbocycles. The number of hydrogen-bond acceptors (Lipinski definition) is 4. The Bertz CT molecular complexity index is 1270. The van der Waals surface area contributed by atoms with Gasteiger partial charge in [-0.05, 0) is 30.4 Å². The van der Waals surface area contributed by atoms with Crippen molar-refractivity contribution in [1.82, 2.24) is 14.7 Å². The maximum Gasteiger partial charge on any atom is 0.264 e. The highest BCUT2D eigenvalue weighted by atomic mass is 32.1. The van der Waals surface area contributed by atoms with Crippen LogP contribution < -0.4 is 5.32 Å². The minimum Gasteiger partial charge on any atom is -0.332 e. The Morgan fingerprint density at radius 2 is 1.87 bits per heavy atom. The molecule has 4 aromatic rings. The molecule has 6 nitrogen and oxygen atoms in total. The van der Waals surface area contributed by atoms with Gasteiger partial charge in [0, 0.05) is 30.1 Å². The van der Waals surface area contributed by atoms with E-state index in [2.05, 4.69) is 24.3 Å². The molecule has 2 heterocycles. The zero-order valence-corrected chi connectivity index (χ0v) is 19.0. The quantitative estimate of drug-likeness (QED) is 0.468. The first-order valence-electron chi connectivity index (χ1n) is 10.3. The first-order chi connectivity index (χ1) is 14.8. The molecule has 31 heavy (non-hydrogen) atoms. The summed E-state index contributed by atoms with van der Waals surface area (Å²) in [5.41, 5.74) is 1.66. The van der Waals surface area contributed by atoms with E-state index in [-0.39, 0.29) is 18.4 Å². The summed E-state index contributed by atoms with van der Waals surface area (Å²) in [6.45, 7) is 7.03. The molecule has 0 aliphatic rings. The second-order valence-corrected chi connectivity index (χ2v) is 9.26. The highest BCUT2D eigenvalue weighted by molar-refractivity contribution is 7.20. The highest BCUT2D eigenvalue weighted by Gasteiger charge is 2.21. The standard InChI is InChI=1S/C24H26N4O2S/c1-15(2)13-28-24-19(16(3)26-28)12-21(31-24)23(30)27(4)14-22(29)25-20-11-7-9-17-8-5-6-10-18(17)20/h5-12,15H,13-14H2,1-4H3,(H,25,29). The second-order valence-electron chi connectivity index (χ2n) is 8.23. The average Bonchev–Trinajstić information content (AvgIpc) is 3.28. The molecule has 4 rings (SSSR count). The molecule has 0 unspecified atom stereocenters. The number of likely N-dealkylation sites (N-methyl/N-ethyl adjacent to an activating group) is 1. The number of hydrogen-bond donors (Lipinski definition) is 1. The average molecular weight is 435 g/mol. The number of amides is 2. The molecule has 0 saturated heterocycles. The summed E-state index contributed by atoms with van der Waals surface area (Å²) in [4.78, 5) is 28.7. The summed E-state index contributed by atoms with van der Waals surface area (Å²) in [6, 6.07) is 15.6. The number of anilines is 1. The number of nitrogens with one attached hydrogen (secondary N) is 1. The molecule has 2 aromatic heterocycles. The van der Waals surface area contributed by atoms with Crippen molar-refractivity contribution in [3.8, 4) is 0 Å². The number of benzene rings is 2. The van der Waals surface area contributed by atoms with Gasteiger partial charge in [-0.25, -0.2) is 0 Å². The van der Waals surface area contributed by atoms with Gasteiger partial charge in [0.2, 0.25) is 5.91 Å². The molecule has 0 spiro atoms. The van der Waals surface area contributed by atoms with Crippen LogP contribution in [0, 0.1) is 12.8 Å². The van der Waals surface area contributed by atoms with Crippen LogP contribution >= 0.6 is 11.3 Å². The van der Waals surface area contributed by atoms with Gasteiger partial charge >= 0.3 is 0 Å². The van der Waals surface area contributed by atoms with Gasteiger partial charge < -0.3 is 10.2 Å². The minimum absolute atomic E-state index is 0.0204. The van der Waals surface area contributed by atoms with Gasteiger partial charge in [0.15, 0.2) is 0 Å². The van der Waals surface area contributed by atoms with E-state index in [0.29, 0.717) is 10.8 Å². The van der Waals surface area contributed by atoms with Crippen molar-refractivity contribution in [1.29, 1.82) is 0 Å². The van der Waals surface area contributed by atoms with E-state index < -0.39 is 0 Å². The fraction of sp³-hybridized carbons (Fsp3) is 0.292. The Kier molecular flexibility index (Phi) is 5.78. The van der Waals surface area contributed by atoms with E-state index in [9.17, 15) is 9.59 Å². The Balaban J connectivity index is 1.48. The molecular weight excluding hydrogens is 408 g/mol. The molecule has 0 aliphatic heterocycles. The van der Waals surface area contributed by atoms with Crippen molar-refractivity contribution in [2.75, 3.05) is 18.9 Å². The maximum atomic E-state index is 13.0. The molecular formula is C24H26N4O2S. The summed E-state index contributed by atoms with van der Waals surface area (Å²) < 4.78 is 1.98. The van der Waals surface area contributed by atoms with Crippen molar-refractivity contribution >= 4 is 49.8 Å². The monoisotopic (exact) mass is 434 g/mol. The lowest BCUT2D eigenvalue weighted by atomic mass is 10.1. The lowest BCUT2D eigenvalue weighted by Crippen LogP contribution is -2.34. The van der Waals surface area contributed by atoms with Crippen LogP contribution in [0.5, 0.6) is 0 Å². The Morgan fingerprint density at radius 1 is 1.13 bits per heavy atom. The summed E-state index contributed by atoms with van der Waals surface area (Å²) in [7, 11) is 1.66. The number of aryl methyl sites for hydroxylation is 1. The zero-order chi connectivity index (χ0) is 22.1.